The summed E-state index contributed by atoms with van der Waals surface area (Å²) in [5.74, 6) is -0.0747. The number of halogens is 1. The summed E-state index contributed by atoms with van der Waals surface area (Å²) in [5.41, 5.74) is 6.76. The van der Waals surface area contributed by atoms with Crippen LogP contribution in [0, 0.1) is 0 Å². The minimum atomic E-state index is -0.0747. The van der Waals surface area contributed by atoms with Gasteiger partial charge in [-0.15, -0.1) is 0 Å². The number of unbranched alkanes of at least 4 members (excludes halogenated alkanes) is 15. The molecule has 166 valence electrons. The number of hydrogen-bond acceptors (Lipinski definition) is 2. The zero-order valence-corrected chi connectivity index (χ0v) is 19.4. The third-order valence-electron chi connectivity index (χ3n) is 5.57. The van der Waals surface area contributed by atoms with Crippen molar-refractivity contribution in [1.82, 2.24) is 5.32 Å². The number of nitrogens with one attached hydrogen (secondary N) is 1. The number of benzene rings is 1. The summed E-state index contributed by atoms with van der Waals surface area (Å²) in [5, 5.41) is 3.44. The van der Waals surface area contributed by atoms with E-state index in [4.69, 9.17) is 17.3 Å². The average molecular weight is 423 g/mol. The van der Waals surface area contributed by atoms with E-state index in [-0.39, 0.29) is 5.91 Å². The maximum absolute atomic E-state index is 12.1. The number of hydrogen-bond donors (Lipinski definition) is 2. The lowest BCUT2D eigenvalue weighted by atomic mass is 10.0. The van der Waals surface area contributed by atoms with E-state index in [1.807, 2.05) is 0 Å². The fraction of sp³-hybridized carbons (Fsp3) is 0.720. The zero-order valence-electron chi connectivity index (χ0n) is 18.6. The molecular formula is C25H43ClN2O. The molecule has 0 fully saturated rings. The molecule has 1 aromatic carbocycles. The second-order valence-corrected chi connectivity index (χ2v) is 8.70. The summed E-state index contributed by atoms with van der Waals surface area (Å²) in [7, 11) is 0. The first kappa shape index (κ1) is 25.8. The molecule has 29 heavy (non-hydrogen) atoms. The van der Waals surface area contributed by atoms with Crippen molar-refractivity contribution in [3.05, 3.63) is 28.8 Å². The van der Waals surface area contributed by atoms with Crippen molar-refractivity contribution in [1.29, 1.82) is 0 Å². The number of amides is 1. The predicted octanol–water partition coefficient (Wildman–Crippen LogP) is 7.91. The second-order valence-electron chi connectivity index (χ2n) is 8.30. The standard InChI is InChI=1S/C25H43ClN2O/c1-2-3-4-5-6-7-8-9-10-11-12-13-14-15-16-17-20-28-25(29)22-18-19-23(26)24(27)21-22/h18-19,21H,2-17,20,27H2,1H3,(H,28,29). The number of nitrogens with two attached hydrogens (primary N) is 1. The Morgan fingerprint density at radius 3 is 1.69 bits per heavy atom. The molecule has 0 aliphatic rings. The van der Waals surface area contributed by atoms with E-state index in [2.05, 4.69) is 12.2 Å². The van der Waals surface area contributed by atoms with Gasteiger partial charge in [0.25, 0.3) is 5.91 Å². The van der Waals surface area contributed by atoms with E-state index in [0.717, 1.165) is 13.0 Å². The van der Waals surface area contributed by atoms with Crippen LogP contribution in [0.2, 0.25) is 5.02 Å². The summed E-state index contributed by atoms with van der Waals surface area (Å²) in [6, 6.07) is 5.01. The number of rotatable bonds is 18. The summed E-state index contributed by atoms with van der Waals surface area (Å²) in [4.78, 5) is 12.1. The summed E-state index contributed by atoms with van der Waals surface area (Å²) >= 11 is 5.88. The van der Waals surface area contributed by atoms with Crippen molar-refractivity contribution in [3.8, 4) is 0 Å². The second kappa shape index (κ2) is 17.6. The van der Waals surface area contributed by atoms with Gasteiger partial charge in [0, 0.05) is 12.1 Å². The molecule has 4 heteroatoms. The number of carbonyl (C=O) groups excluding carboxylic acids is 1. The highest BCUT2D eigenvalue weighted by atomic mass is 35.5. The third-order valence-corrected chi connectivity index (χ3v) is 5.92. The van der Waals surface area contributed by atoms with E-state index in [0.29, 0.717) is 16.3 Å². The van der Waals surface area contributed by atoms with E-state index in [9.17, 15) is 4.79 Å². The first-order valence-corrected chi connectivity index (χ1v) is 12.4. The number of nitrogen functional groups attached to an aromatic ring is 1. The maximum atomic E-state index is 12.1. The molecule has 0 saturated carbocycles. The van der Waals surface area contributed by atoms with Gasteiger partial charge in [0.2, 0.25) is 0 Å². The van der Waals surface area contributed by atoms with Crippen LogP contribution in [-0.2, 0) is 0 Å². The minimum Gasteiger partial charge on any atom is -0.398 e. The van der Waals surface area contributed by atoms with Crippen LogP contribution in [0.1, 0.15) is 120 Å². The Morgan fingerprint density at radius 1 is 0.793 bits per heavy atom. The fourth-order valence-electron chi connectivity index (χ4n) is 3.66. The van der Waals surface area contributed by atoms with Crippen LogP contribution in [0.15, 0.2) is 18.2 Å². The first-order valence-electron chi connectivity index (χ1n) is 12.0. The molecule has 0 aliphatic heterocycles. The van der Waals surface area contributed by atoms with Gasteiger partial charge in [-0.1, -0.05) is 115 Å². The lowest BCUT2D eigenvalue weighted by Gasteiger charge is -2.07. The molecule has 0 bridgehead atoms. The van der Waals surface area contributed by atoms with Crippen LogP contribution >= 0.6 is 11.6 Å². The molecule has 0 saturated heterocycles. The Morgan fingerprint density at radius 2 is 1.24 bits per heavy atom. The van der Waals surface area contributed by atoms with Crippen LogP contribution < -0.4 is 11.1 Å². The van der Waals surface area contributed by atoms with Gasteiger partial charge < -0.3 is 11.1 Å². The van der Waals surface area contributed by atoms with Crippen molar-refractivity contribution < 1.29 is 4.79 Å². The summed E-state index contributed by atoms with van der Waals surface area (Å²) < 4.78 is 0. The highest BCUT2D eigenvalue weighted by molar-refractivity contribution is 6.33. The Bertz CT molecular complexity index is 548. The SMILES string of the molecule is CCCCCCCCCCCCCCCCCCNC(=O)c1ccc(Cl)c(N)c1. The van der Waals surface area contributed by atoms with Crippen molar-refractivity contribution in [3.63, 3.8) is 0 Å². The van der Waals surface area contributed by atoms with Gasteiger partial charge in [-0.25, -0.2) is 0 Å². The van der Waals surface area contributed by atoms with Crippen LogP contribution in [-0.4, -0.2) is 12.5 Å². The molecule has 0 aromatic heterocycles. The van der Waals surface area contributed by atoms with Gasteiger partial charge in [0.05, 0.1) is 10.7 Å². The minimum absolute atomic E-state index is 0.0747. The van der Waals surface area contributed by atoms with Gasteiger partial charge >= 0.3 is 0 Å². The van der Waals surface area contributed by atoms with E-state index in [1.165, 1.54) is 96.3 Å². The van der Waals surface area contributed by atoms with E-state index < -0.39 is 0 Å². The lowest BCUT2D eigenvalue weighted by molar-refractivity contribution is 0.0953. The highest BCUT2D eigenvalue weighted by Gasteiger charge is 2.06. The Hall–Kier alpha value is -1.22. The van der Waals surface area contributed by atoms with Crippen molar-refractivity contribution >= 4 is 23.2 Å². The molecule has 0 unspecified atom stereocenters. The maximum Gasteiger partial charge on any atom is 0.251 e. The topological polar surface area (TPSA) is 55.1 Å². The van der Waals surface area contributed by atoms with Gasteiger partial charge in [0.1, 0.15) is 0 Å². The Kier molecular flexibility index (Phi) is 15.7. The van der Waals surface area contributed by atoms with Crippen molar-refractivity contribution in [2.45, 2.75) is 110 Å². The van der Waals surface area contributed by atoms with Crippen LogP contribution in [0.3, 0.4) is 0 Å². The quantitative estimate of drug-likeness (QED) is 0.186. The number of anilines is 1. The zero-order chi connectivity index (χ0) is 21.2. The van der Waals surface area contributed by atoms with Crippen LogP contribution in [0.25, 0.3) is 0 Å². The van der Waals surface area contributed by atoms with Gasteiger partial charge in [-0.2, -0.15) is 0 Å². The van der Waals surface area contributed by atoms with Gasteiger partial charge in [0.15, 0.2) is 0 Å². The largest absolute Gasteiger partial charge is 0.398 e. The van der Waals surface area contributed by atoms with Gasteiger partial charge in [-0.3, -0.25) is 4.79 Å². The monoisotopic (exact) mass is 422 g/mol. The molecule has 1 aromatic rings. The van der Waals surface area contributed by atoms with Crippen LogP contribution in [0.4, 0.5) is 5.69 Å². The molecule has 3 nitrogen and oxygen atoms in total. The molecule has 0 heterocycles. The normalized spacial score (nSPS) is 11.0. The van der Waals surface area contributed by atoms with E-state index >= 15 is 0 Å². The van der Waals surface area contributed by atoms with Gasteiger partial charge in [-0.05, 0) is 24.6 Å². The fourth-order valence-corrected chi connectivity index (χ4v) is 3.78. The average Bonchev–Trinajstić information content (AvgIpc) is 2.72. The molecule has 0 radical (unpaired) electrons. The Balaban J connectivity index is 1.83. The predicted molar refractivity (Wildman–Crippen MR) is 128 cm³/mol. The summed E-state index contributed by atoms with van der Waals surface area (Å²) in [6.45, 7) is 3.00. The van der Waals surface area contributed by atoms with Crippen molar-refractivity contribution in [2.75, 3.05) is 12.3 Å². The molecular weight excluding hydrogens is 380 g/mol. The Labute approximate surface area is 184 Å². The lowest BCUT2D eigenvalue weighted by Crippen LogP contribution is -2.24. The molecule has 0 spiro atoms. The molecule has 0 aliphatic carbocycles. The summed E-state index contributed by atoms with van der Waals surface area (Å²) in [6.07, 6.45) is 21.7. The van der Waals surface area contributed by atoms with Crippen LogP contribution in [0.5, 0.6) is 0 Å². The molecule has 1 rings (SSSR count). The molecule has 1 amide bonds. The molecule has 3 N–H and O–H groups in total. The van der Waals surface area contributed by atoms with Crippen molar-refractivity contribution in [2.24, 2.45) is 0 Å². The number of carbonyl (C=O) groups is 1. The van der Waals surface area contributed by atoms with E-state index in [1.54, 1.807) is 18.2 Å². The smallest absolute Gasteiger partial charge is 0.251 e. The third kappa shape index (κ3) is 13.6. The molecule has 0 atom stereocenters. The highest BCUT2D eigenvalue weighted by Crippen LogP contribution is 2.19. The first-order chi connectivity index (χ1) is 14.1.